The van der Waals surface area contributed by atoms with Gasteiger partial charge in [0.05, 0.1) is 16.8 Å². The molecule has 4 nitrogen and oxygen atoms in total. The first-order valence-electron chi connectivity index (χ1n) is 8.77. The number of aryl methyl sites for hydroxylation is 1. The number of hydrogen-bond acceptors (Lipinski definition) is 4. The summed E-state index contributed by atoms with van der Waals surface area (Å²) in [5.74, 6) is -0.775. The molecule has 0 radical (unpaired) electrons. The highest BCUT2D eigenvalue weighted by Crippen LogP contribution is 2.37. The Bertz CT molecular complexity index is 990. The predicted molar refractivity (Wildman–Crippen MR) is 107 cm³/mol. The van der Waals surface area contributed by atoms with Crippen molar-refractivity contribution in [2.75, 3.05) is 11.1 Å². The van der Waals surface area contributed by atoms with Crippen molar-refractivity contribution in [3.05, 3.63) is 64.5 Å². The van der Waals surface area contributed by atoms with Crippen LogP contribution in [0.3, 0.4) is 0 Å². The summed E-state index contributed by atoms with van der Waals surface area (Å²) in [6, 6.07) is 7.08. The first-order valence-corrected chi connectivity index (χ1v) is 9.75. The topological polar surface area (TPSA) is 67.5 Å². The van der Waals surface area contributed by atoms with Crippen LogP contribution in [0, 0.1) is 12.7 Å². The predicted octanol–water partition coefficient (Wildman–Crippen LogP) is 5.07. The zero-order valence-corrected chi connectivity index (χ0v) is 16.5. The minimum absolute atomic E-state index is 0.127. The van der Waals surface area contributed by atoms with E-state index >= 15 is 0 Å². The van der Waals surface area contributed by atoms with Gasteiger partial charge >= 0.3 is 6.18 Å². The molecule has 1 unspecified atom stereocenters. The van der Waals surface area contributed by atoms with E-state index in [1.165, 1.54) is 36.9 Å². The molecule has 0 spiro atoms. The van der Waals surface area contributed by atoms with Gasteiger partial charge in [0.1, 0.15) is 5.82 Å². The van der Waals surface area contributed by atoms with Crippen LogP contribution in [0.4, 0.5) is 23.2 Å². The maximum Gasteiger partial charge on any atom is 0.416 e. The molecular formula is C20H19F4N3OS. The number of nitrogens with zero attached hydrogens (tertiary/aromatic N) is 1. The minimum atomic E-state index is -4.58. The molecular weight excluding hydrogens is 406 g/mol. The number of nitrogens with one attached hydrogen (secondary N) is 1. The van der Waals surface area contributed by atoms with E-state index in [-0.39, 0.29) is 11.3 Å². The van der Waals surface area contributed by atoms with Gasteiger partial charge < -0.3 is 11.1 Å². The molecule has 1 heterocycles. The summed E-state index contributed by atoms with van der Waals surface area (Å²) in [5, 5.41) is 2.81. The van der Waals surface area contributed by atoms with Gasteiger partial charge in [-0.15, -0.1) is 0 Å². The Balaban J connectivity index is 1.93. The van der Waals surface area contributed by atoms with Crippen LogP contribution < -0.4 is 11.1 Å². The van der Waals surface area contributed by atoms with Crippen LogP contribution in [0.2, 0.25) is 0 Å². The third-order valence-corrected chi connectivity index (χ3v) is 5.64. The van der Waals surface area contributed by atoms with Crippen LogP contribution in [0.5, 0.6) is 0 Å². The van der Waals surface area contributed by atoms with E-state index in [4.69, 9.17) is 5.73 Å². The second kappa shape index (κ2) is 7.70. The number of anilines is 1. The first kappa shape index (κ1) is 21.2. The largest absolute Gasteiger partial charge is 0.416 e. The smallest absolute Gasteiger partial charge is 0.379 e. The Morgan fingerprint density at radius 3 is 2.62 bits per heavy atom. The second-order valence-corrected chi connectivity index (χ2v) is 8.11. The van der Waals surface area contributed by atoms with E-state index in [1.807, 2.05) is 6.92 Å². The van der Waals surface area contributed by atoms with Crippen molar-refractivity contribution in [1.29, 1.82) is 0 Å². The van der Waals surface area contributed by atoms with E-state index in [1.54, 1.807) is 6.07 Å². The van der Waals surface area contributed by atoms with E-state index in [2.05, 4.69) is 10.3 Å². The van der Waals surface area contributed by atoms with Crippen molar-refractivity contribution in [2.45, 2.75) is 32.0 Å². The minimum Gasteiger partial charge on any atom is -0.379 e. The number of thioether (sulfide) groups is 1. The molecule has 1 aliphatic heterocycles. The highest BCUT2D eigenvalue weighted by molar-refractivity contribution is 8.13. The Morgan fingerprint density at radius 1 is 1.24 bits per heavy atom. The van der Waals surface area contributed by atoms with Gasteiger partial charge in [0.15, 0.2) is 5.17 Å². The van der Waals surface area contributed by atoms with Crippen molar-refractivity contribution in [2.24, 2.45) is 10.7 Å². The van der Waals surface area contributed by atoms with E-state index in [0.717, 1.165) is 17.9 Å². The van der Waals surface area contributed by atoms with Crippen molar-refractivity contribution in [3.8, 4) is 0 Å². The number of halogens is 4. The molecule has 2 aromatic carbocycles. The molecule has 9 heteroatoms. The van der Waals surface area contributed by atoms with E-state index < -0.39 is 29.0 Å². The molecule has 1 atom stereocenters. The summed E-state index contributed by atoms with van der Waals surface area (Å²) >= 11 is 1.43. The fraction of sp³-hybridized carbons (Fsp3) is 0.300. The van der Waals surface area contributed by atoms with Crippen LogP contribution in [-0.2, 0) is 11.7 Å². The third kappa shape index (κ3) is 4.55. The zero-order valence-electron chi connectivity index (χ0n) is 15.7. The Kier molecular flexibility index (Phi) is 5.62. The van der Waals surface area contributed by atoms with Crippen LogP contribution in [0.25, 0.3) is 0 Å². The molecule has 0 fully saturated rings. The second-order valence-electron chi connectivity index (χ2n) is 7.00. The molecule has 1 amide bonds. The molecule has 3 N–H and O–H groups in total. The monoisotopic (exact) mass is 425 g/mol. The Labute approximate surface area is 169 Å². The summed E-state index contributed by atoms with van der Waals surface area (Å²) < 4.78 is 53.2. The average molecular weight is 425 g/mol. The SMILES string of the molecule is Cc1ccc(C(F)(F)F)cc1C(=O)Nc1cc(C2(C)CCSC(N)=N2)ccc1F. The number of amides is 1. The molecule has 0 saturated heterocycles. The van der Waals surface area contributed by atoms with Gasteiger partial charge in [0.25, 0.3) is 5.91 Å². The van der Waals surface area contributed by atoms with Gasteiger partial charge in [-0.05, 0) is 55.7 Å². The number of carbonyl (C=O) groups is 1. The fourth-order valence-electron chi connectivity index (χ4n) is 3.08. The summed E-state index contributed by atoms with van der Waals surface area (Å²) in [6.45, 7) is 3.37. The quantitative estimate of drug-likeness (QED) is 0.675. The fourth-order valence-corrected chi connectivity index (χ4v) is 4.06. The molecule has 3 rings (SSSR count). The number of hydrogen-bond donors (Lipinski definition) is 2. The maximum absolute atomic E-state index is 14.3. The molecule has 0 saturated carbocycles. The number of alkyl halides is 3. The lowest BCUT2D eigenvalue weighted by Gasteiger charge is -2.30. The highest BCUT2D eigenvalue weighted by atomic mass is 32.2. The molecule has 0 bridgehead atoms. The lowest BCUT2D eigenvalue weighted by atomic mass is 9.89. The van der Waals surface area contributed by atoms with Gasteiger partial charge in [-0.3, -0.25) is 9.79 Å². The lowest BCUT2D eigenvalue weighted by Crippen LogP contribution is -2.29. The van der Waals surface area contributed by atoms with Crippen LogP contribution in [0.1, 0.15) is 40.4 Å². The van der Waals surface area contributed by atoms with Crippen molar-refractivity contribution < 1.29 is 22.4 Å². The van der Waals surface area contributed by atoms with Gasteiger partial charge in [0.2, 0.25) is 0 Å². The van der Waals surface area contributed by atoms with E-state index in [0.29, 0.717) is 22.7 Å². The van der Waals surface area contributed by atoms with Gasteiger partial charge in [0, 0.05) is 11.3 Å². The Hall–Kier alpha value is -2.55. The van der Waals surface area contributed by atoms with Crippen molar-refractivity contribution >= 4 is 28.5 Å². The Morgan fingerprint density at radius 2 is 1.97 bits per heavy atom. The molecule has 2 aromatic rings. The average Bonchev–Trinajstić information content (AvgIpc) is 2.62. The summed E-state index contributed by atoms with van der Waals surface area (Å²) in [5.41, 5.74) is 4.90. The number of nitrogens with two attached hydrogens (primary N) is 1. The van der Waals surface area contributed by atoms with Gasteiger partial charge in [-0.25, -0.2) is 4.39 Å². The first-order chi connectivity index (χ1) is 13.5. The normalized spacial score (nSPS) is 19.6. The third-order valence-electron chi connectivity index (χ3n) is 4.84. The van der Waals surface area contributed by atoms with Crippen molar-refractivity contribution in [1.82, 2.24) is 0 Å². The van der Waals surface area contributed by atoms with Crippen molar-refractivity contribution in [3.63, 3.8) is 0 Å². The summed E-state index contributed by atoms with van der Waals surface area (Å²) in [6.07, 6.45) is -3.91. The maximum atomic E-state index is 14.3. The highest BCUT2D eigenvalue weighted by Gasteiger charge is 2.32. The number of rotatable bonds is 3. The number of amidine groups is 1. The van der Waals surface area contributed by atoms with Gasteiger partial charge in [-0.2, -0.15) is 13.2 Å². The number of carbonyl (C=O) groups excluding carboxylic acids is 1. The van der Waals surface area contributed by atoms with E-state index in [9.17, 15) is 22.4 Å². The number of benzene rings is 2. The van der Waals surface area contributed by atoms with Crippen LogP contribution >= 0.6 is 11.8 Å². The van der Waals surface area contributed by atoms with Crippen LogP contribution in [0.15, 0.2) is 41.4 Å². The molecule has 0 aromatic heterocycles. The van der Waals surface area contributed by atoms with Crippen LogP contribution in [-0.4, -0.2) is 16.8 Å². The number of aliphatic imine (C=N–C) groups is 1. The molecule has 29 heavy (non-hydrogen) atoms. The molecule has 154 valence electrons. The zero-order chi connectivity index (χ0) is 21.4. The summed E-state index contributed by atoms with van der Waals surface area (Å²) in [7, 11) is 0. The molecule has 0 aliphatic carbocycles. The lowest BCUT2D eigenvalue weighted by molar-refractivity contribution is -0.137. The standard InChI is InChI=1S/C20H19F4N3OS/c1-11-3-4-13(20(22,23)24)9-14(11)17(28)26-16-10-12(5-6-15(16)21)19(2)7-8-29-18(25)27-19/h3-6,9-10H,7-8H2,1-2H3,(H2,25,27)(H,26,28). The molecule has 1 aliphatic rings. The summed E-state index contributed by atoms with van der Waals surface area (Å²) in [4.78, 5) is 17.0. The van der Waals surface area contributed by atoms with Gasteiger partial charge in [-0.1, -0.05) is 23.9 Å².